The van der Waals surface area contributed by atoms with Gasteiger partial charge in [0.15, 0.2) is 0 Å². The van der Waals surface area contributed by atoms with Crippen LogP contribution in [0.25, 0.3) is 0 Å². The maximum Gasteiger partial charge on any atom is 0.241 e. The van der Waals surface area contributed by atoms with Crippen LogP contribution in [0.4, 0.5) is 8.78 Å². The Bertz CT molecular complexity index is 134. The van der Waals surface area contributed by atoms with E-state index in [1.54, 1.807) is 0 Å². The maximum atomic E-state index is 12.4. The van der Waals surface area contributed by atoms with Crippen LogP contribution < -0.4 is 0 Å². The number of halogens is 2. The molecular formula is C10H18F2. The fraction of sp³-hybridized carbons (Fsp3) is 1.00. The molecule has 0 nitrogen and oxygen atoms in total. The maximum absolute atomic E-state index is 12.4. The minimum Gasteiger partial charge on any atom is -0.210 e. The molecule has 3 unspecified atom stereocenters. The molecule has 3 atom stereocenters. The molecule has 0 aromatic carbocycles. The lowest BCUT2D eigenvalue weighted by Gasteiger charge is -2.19. The quantitative estimate of drug-likeness (QED) is 0.534. The molecule has 0 N–H and O–H groups in total. The van der Waals surface area contributed by atoms with Gasteiger partial charge < -0.3 is 0 Å². The fourth-order valence-corrected chi connectivity index (χ4v) is 2.04. The fourth-order valence-electron chi connectivity index (χ4n) is 2.04. The van der Waals surface area contributed by atoms with E-state index < -0.39 is 6.43 Å². The molecule has 1 aliphatic carbocycles. The zero-order chi connectivity index (χ0) is 9.14. The number of rotatable bonds is 1. The Kier molecular flexibility index (Phi) is 3.48. The second kappa shape index (κ2) is 4.20. The second-order valence-electron chi connectivity index (χ2n) is 4.22. The summed E-state index contributed by atoms with van der Waals surface area (Å²) in [6.45, 7) is 4.28. The Balaban J connectivity index is 2.48. The number of hydrogen-bond acceptors (Lipinski definition) is 0. The van der Waals surface area contributed by atoms with Gasteiger partial charge in [-0.15, -0.1) is 0 Å². The van der Waals surface area contributed by atoms with Crippen LogP contribution in [0.3, 0.4) is 0 Å². The van der Waals surface area contributed by atoms with Crippen molar-refractivity contribution in [3.8, 4) is 0 Å². The molecule has 0 saturated heterocycles. The SMILES string of the molecule is CC1CCCC(C(F)F)CC1C. The van der Waals surface area contributed by atoms with Gasteiger partial charge in [0, 0.05) is 5.92 Å². The molecule has 2 heteroatoms. The van der Waals surface area contributed by atoms with E-state index in [9.17, 15) is 8.78 Å². The lowest BCUT2D eigenvalue weighted by molar-refractivity contribution is 0.0612. The molecule has 72 valence electrons. The van der Waals surface area contributed by atoms with E-state index in [2.05, 4.69) is 13.8 Å². The highest BCUT2D eigenvalue weighted by atomic mass is 19.3. The Morgan fingerprint density at radius 1 is 1.08 bits per heavy atom. The van der Waals surface area contributed by atoms with E-state index in [0.29, 0.717) is 11.8 Å². The molecular weight excluding hydrogens is 158 g/mol. The minimum atomic E-state index is -2.10. The average Bonchev–Trinajstić information content (AvgIpc) is 2.15. The van der Waals surface area contributed by atoms with E-state index in [-0.39, 0.29) is 5.92 Å². The molecule has 0 heterocycles. The van der Waals surface area contributed by atoms with Gasteiger partial charge in [0.05, 0.1) is 0 Å². The largest absolute Gasteiger partial charge is 0.241 e. The molecule has 1 aliphatic rings. The molecule has 0 amide bonds. The van der Waals surface area contributed by atoms with Gasteiger partial charge in [0.25, 0.3) is 0 Å². The summed E-state index contributed by atoms with van der Waals surface area (Å²) in [6, 6.07) is 0. The first-order valence-corrected chi connectivity index (χ1v) is 4.89. The van der Waals surface area contributed by atoms with Gasteiger partial charge in [-0.1, -0.05) is 26.7 Å². The van der Waals surface area contributed by atoms with Crippen LogP contribution in [0.5, 0.6) is 0 Å². The van der Waals surface area contributed by atoms with Crippen LogP contribution in [0.1, 0.15) is 39.5 Å². The van der Waals surface area contributed by atoms with Gasteiger partial charge in [0.1, 0.15) is 0 Å². The normalized spacial score (nSPS) is 38.2. The summed E-state index contributed by atoms with van der Waals surface area (Å²) in [4.78, 5) is 0. The molecule has 0 aliphatic heterocycles. The summed E-state index contributed by atoms with van der Waals surface area (Å²) in [6.07, 6.45) is 1.47. The smallest absolute Gasteiger partial charge is 0.210 e. The molecule has 1 fully saturated rings. The average molecular weight is 176 g/mol. The standard InChI is InChI=1S/C10H18F2/c1-7-4-3-5-9(10(11)12)6-8(7)2/h7-10H,3-6H2,1-2H3. The Morgan fingerprint density at radius 3 is 2.33 bits per heavy atom. The zero-order valence-corrected chi connectivity index (χ0v) is 7.89. The van der Waals surface area contributed by atoms with Gasteiger partial charge in [-0.2, -0.15) is 0 Å². The van der Waals surface area contributed by atoms with E-state index >= 15 is 0 Å². The van der Waals surface area contributed by atoms with E-state index in [4.69, 9.17) is 0 Å². The molecule has 12 heavy (non-hydrogen) atoms. The summed E-state index contributed by atoms with van der Waals surface area (Å²) in [5, 5.41) is 0. The van der Waals surface area contributed by atoms with Crippen molar-refractivity contribution in [1.82, 2.24) is 0 Å². The Labute approximate surface area is 73.3 Å². The molecule has 0 radical (unpaired) electrons. The van der Waals surface area contributed by atoms with Crippen molar-refractivity contribution in [2.75, 3.05) is 0 Å². The molecule has 0 bridgehead atoms. The first-order valence-electron chi connectivity index (χ1n) is 4.89. The van der Waals surface area contributed by atoms with E-state index in [1.165, 1.54) is 0 Å². The molecule has 0 spiro atoms. The van der Waals surface area contributed by atoms with Crippen LogP contribution in [0.2, 0.25) is 0 Å². The summed E-state index contributed by atoms with van der Waals surface area (Å²) in [7, 11) is 0. The lowest BCUT2D eigenvalue weighted by Crippen LogP contribution is -2.14. The Morgan fingerprint density at radius 2 is 1.75 bits per heavy atom. The highest BCUT2D eigenvalue weighted by Gasteiger charge is 2.27. The predicted octanol–water partition coefficient (Wildman–Crippen LogP) is 3.71. The highest BCUT2D eigenvalue weighted by molar-refractivity contribution is 4.74. The van der Waals surface area contributed by atoms with Gasteiger partial charge in [-0.05, 0) is 24.7 Å². The summed E-state index contributed by atoms with van der Waals surface area (Å²) in [5.41, 5.74) is 0. The van der Waals surface area contributed by atoms with Crippen LogP contribution in [0, 0.1) is 17.8 Å². The number of hydrogen-bond donors (Lipinski definition) is 0. The monoisotopic (exact) mass is 176 g/mol. The predicted molar refractivity (Wildman–Crippen MR) is 46.3 cm³/mol. The Hall–Kier alpha value is -0.140. The van der Waals surface area contributed by atoms with Crippen molar-refractivity contribution in [2.45, 2.75) is 46.0 Å². The van der Waals surface area contributed by atoms with Gasteiger partial charge in [-0.3, -0.25) is 0 Å². The van der Waals surface area contributed by atoms with Crippen LogP contribution >= 0.6 is 0 Å². The van der Waals surface area contributed by atoms with Crippen molar-refractivity contribution in [2.24, 2.45) is 17.8 Å². The first kappa shape index (κ1) is 9.94. The molecule has 1 saturated carbocycles. The molecule has 1 rings (SSSR count). The third-order valence-electron chi connectivity index (χ3n) is 3.24. The van der Waals surface area contributed by atoms with Crippen LogP contribution in [-0.4, -0.2) is 6.43 Å². The van der Waals surface area contributed by atoms with Gasteiger partial charge in [-0.25, -0.2) is 8.78 Å². The first-order chi connectivity index (χ1) is 5.61. The highest BCUT2D eigenvalue weighted by Crippen LogP contribution is 2.34. The summed E-state index contributed by atoms with van der Waals surface area (Å²) < 4.78 is 24.8. The van der Waals surface area contributed by atoms with Gasteiger partial charge in [0.2, 0.25) is 6.43 Å². The lowest BCUT2D eigenvalue weighted by atomic mass is 9.89. The third kappa shape index (κ3) is 2.43. The topological polar surface area (TPSA) is 0 Å². The van der Waals surface area contributed by atoms with Crippen molar-refractivity contribution < 1.29 is 8.78 Å². The van der Waals surface area contributed by atoms with E-state index in [1.807, 2.05) is 0 Å². The van der Waals surface area contributed by atoms with Crippen molar-refractivity contribution in [3.63, 3.8) is 0 Å². The van der Waals surface area contributed by atoms with Gasteiger partial charge >= 0.3 is 0 Å². The minimum absolute atomic E-state index is 0.329. The van der Waals surface area contributed by atoms with E-state index in [0.717, 1.165) is 25.7 Å². The second-order valence-corrected chi connectivity index (χ2v) is 4.22. The third-order valence-corrected chi connectivity index (χ3v) is 3.24. The van der Waals surface area contributed by atoms with Crippen molar-refractivity contribution >= 4 is 0 Å². The summed E-state index contributed by atoms with van der Waals surface area (Å²) >= 11 is 0. The molecule has 0 aromatic heterocycles. The molecule has 0 aromatic rings. The van der Waals surface area contributed by atoms with Crippen molar-refractivity contribution in [3.05, 3.63) is 0 Å². The zero-order valence-electron chi connectivity index (χ0n) is 7.89. The van der Waals surface area contributed by atoms with Crippen LogP contribution in [-0.2, 0) is 0 Å². The number of alkyl halides is 2. The summed E-state index contributed by atoms with van der Waals surface area (Å²) in [5.74, 6) is 0.783. The van der Waals surface area contributed by atoms with Crippen LogP contribution in [0.15, 0.2) is 0 Å². The van der Waals surface area contributed by atoms with Crippen molar-refractivity contribution in [1.29, 1.82) is 0 Å².